The first-order valence-corrected chi connectivity index (χ1v) is 7.52. The number of ether oxygens (including phenoxy) is 2. The van der Waals surface area contributed by atoms with Crippen molar-refractivity contribution in [3.05, 3.63) is 22.7 Å². The zero-order chi connectivity index (χ0) is 15.1. The van der Waals surface area contributed by atoms with E-state index in [4.69, 9.17) is 21.1 Å². The highest BCUT2D eigenvalue weighted by Gasteiger charge is 2.40. The largest absolute Gasteiger partial charge is 0.489 e. The van der Waals surface area contributed by atoms with Gasteiger partial charge in [-0.1, -0.05) is 25.4 Å². The third kappa shape index (κ3) is 2.54. The molecule has 112 valence electrons. The van der Waals surface area contributed by atoms with Gasteiger partial charge in [-0.3, -0.25) is 0 Å². The molecule has 0 atom stereocenters. The molecule has 1 aromatic carbocycles. The lowest BCUT2D eigenvalue weighted by atomic mass is 9.72. The Bertz CT molecular complexity index is 616. The molecular formula is C16H18ClNO3. The van der Waals surface area contributed by atoms with Crippen LogP contribution in [-0.4, -0.2) is 19.3 Å². The van der Waals surface area contributed by atoms with E-state index < -0.39 is 5.54 Å². The van der Waals surface area contributed by atoms with Crippen molar-refractivity contribution >= 4 is 17.7 Å². The van der Waals surface area contributed by atoms with Gasteiger partial charge in [0.25, 0.3) is 0 Å². The van der Waals surface area contributed by atoms with Gasteiger partial charge < -0.3 is 9.47 Å². The van der Waals surface area contributed by atoms with Gasteiger partial charge in [0, 0.05) is 5.41 Å². The number of halogens is 1. The van der Waals surface area contributed by atoms with Gasteiger partial charge in [0.05, 0.1) is 23.8 Å². The van der Waals surface area contributed by atoms with Crippen molar-refractivity contribution in [2.45, 2.75) is 38.6 Å². The number of nitrogens with zero attached hydrogens (tertiary/aromatic N) is 1. The number of isocyanates is 1. The summed E-state index contributed by atoms with van der Waals surface area (Å²) in [6.45, 7) is 5.27. The number of hydrogen-bond donors (Lipinski definition) is 0. The molecule has 2 aliphatic rings. The minimum Gasteiger partial charge on any atom is -0.489 e. The maximum atomic E-state index is 10.7. The average Bonchev–Trinajstić information content (AvgIpc) is 2.53. The highest BCUT2D eigenvalue weighted by molar-refractivity contribution is 6.32. The van der Waals surface area contributed by atoms with E-state index >= 15 is 0 Å². The van der Waals surface area contributed by atoms with Gasteiger partial charge in [-0.05, 0) is 37.0 Å². The van der Waals surface area contributed by atoms with Crippen molar-refractivity contribution in [3.8, 4) is 11.5 Å². The molecule has 0 amide bonds. The predicted octanol–water partition coefficient (Wildman–Crippen LogP) is 3.85. The number of fused-ring (bicyclic) bond motifs is 1. The number of aliphatic imine (C=N–C) groups is 1. The number of rotatable bonds is 2. The SMILES string of the molecule is CC1(C)COc2cc(C3(N=C=O)CCC3)cc(Cl)c2OC1. The normalized spacial score (nSPS) is 21.7. The first-order chi connectivity index (χ1) is 9.96. The molecule has 3 rings (SSSR count). The van der Waals surface area contributed by atoms with Crippen LogP contribution >= 0.6 is 11.6 Å². The van der Waals surface area contributed by atoms with Crippen molar-refractivity contribution in [2.75, 3.05) is 13.2 Å². The second kappa shape index (κ2) is 5.04. The Morgan fingerprint density at radius 2 is 1.95 bits per heavy atom. The second-order valence-corrected chi connectivity index (χ2v) is 7.02. The van der Waals surface area contributed by atoms with Gasteiger partial charge >= 0.3 is 0 Å². The van der Waals surface area contributed by atoms with Crippen molar-refractivity contribution in [1.29, 1.82) is 0 Å². The Kier molecular flexibility index (Phi) is 3.46. The molecule has 0 saturated heterocycles. The third-order valence-corrected chi connectivity index (χ3v) is 4.49. The molecule has 0 spiro atoms. The Morgan fingerprint density at radius 1 is 1.24 bits per heavy atom. The quantitative estimate of drug-likeness (QED) is 0.616. The lowest BCUT2D eigenvalue weighted by molar-refractivity contribution is 0.140. The number of benzene rings is 1. The van der Waals surface area contributed by atoms with Crippen LogP contribution in [0.4, 0.5) is 0 Å². The molecule has 1 aromatic rings. The number of hydrogen-bond acceptors (Lipinski definition) is 4. The Balaban J connectivity index is 2.02. The molecule has 0 aromatic heterocycles. The molecule has 1 fully saturated rings. The highest BCUT2D eigenvalue weighted by Crippen LogP contribution is 2.49. The van der Waals surface area contributed by atoms with E-state index in [1.165, 1.54) is 0 Å². The van der Waals surface area contributed by atoms with E-state index in [0.717, 1.165) is 24.8 Å². The van der Waals surface area contributed by atoms with E-state index in [1.807, 2.05) is 12.1 Å². The van der Waals surface area contributed by atoms with E-state index in [-0.39, 0.29) is 5.41 Å². The van der Waals surface area contributed by atoms with Crippen molar-refractivity contribution < 1.29 is 14.3 Å². The van der Waals surface area contributed by atoms with Gasteiger partial charge in [0.1, 0.15) is 0 Å². The summed E-state index contributed by atoms with van der Waals surface area (Å²) < 4.78 is 11.7. The Morgan fingerprint density at radius 3 is 2.57 bits per heavy atom. The molecule has 0 bridgehead atoms. The zero-order valence-corrected chi connectivity index (χ0v) is 13.0. The molecular weight excluding hydrogens is 290 g/mol. The monoisotopic (exact) mass is 307 g/mol. The fraction of sp³-hybridized carbons (Fsp3) is 0.562. The van der Waals surface area contributed by atoms with Gasteiger partial charge in [0.2, 0.25) is 6.08 Å². The maximum absolute atomic E-state index is 10.7. The molecule has 1 saturated carbocycles. The van der Waals surface area contributed by atoms with Crippen LogP contribution in [0.15, 0.2) is 17.1 Å². The lowest BCUT2D eigenvalue weighted by Gasteiger charge is -2.37. The summed E-state index contributed by atoms with van der Waals surface area (Å²) in [5.41, 5.74) is 0.354. The van der Waals surface area contributed by atoms with Crippen LogP contribution in [0.1, 0.15) is 38.7 Å². The van der Waals surface area contributed by atoms with Gasteiger partial charge in [0.15, 0.2) is 11.5 Å². The van der Waals surface area contributed by atoms with Crippen molar-refractivity contribution in [2.24, 2.45) is 10.4 Å². The molecule has 1 aliphatic carbocycles. The van der Waals surface area contributed by atoms with Crippen LogP contribution in [0.25, 0.3) is 0 Å². The minimum atomic E-state index is -0.481. The third-order valence-electron chi connectivity index (χ3n) is 4.21. The van der Waals surface area contributed by atoms with Crippen LogP contribution < -0.4 is 9.47 Å². The summed E-state index contributed by atoms with van der Waals surface area (Å²) in [5, 5.41) is 0.507. The minimum absolute atomic E-state index is 0.0718. The Labute approximate surface area is 129 Å². The van der Waals surface area contributed by atoms with Crippen LogP contribution in [0.3, 0.4) is 0 Å². The fourth-order valence-electron chi connectivity index (χ4n) is 2.73. The summed E-state index contributed by atoms with van der Waals surface area (Å²) in [7, 11) is 0. The molecule has 0 unspecified atom stereocenters. The molecule has 1 aliphatic heterocycles. The zero-order valence-electron chi connectivity index (χ0n) is 12.2. The molecule has 0 radical (unpaired) electrons. The standard InChI is InChI=1S/C16H18ClNO3/c1-15(2)8-20-13-7-11(6-12(17)14(13)21-9-15)16(18-10-19)4-3-5-16/h6-7H,3-5,8-9H2,1-2H3. The first-order valence-electron chi connectivity index (χ1n) is 7.14. The summed E-state index contributed by atoms with van der Waals surface area (Å²) >= 11 is 6.36. The van der Waals surface area contributed by atoms with Gasteiger partial charge in [-0.25, -0.2) is 4.79 Å². The Hall–Kier alpha value is -1.51. The van der Waals surface area contributed by atoms with Crippen LogP contribution in [-0.2, 0) is 10.3 Å². The summed E-state index contributed by atoms with van der Waals surface area (Å²) in [6, 6.07) is 3.74. The average molecular weight is 308 g/mol. The van der Waals surface area contributed by atoms with Gasteiger partial charge in [-0.15, -0.1) is 0 Å². The first kappa shape index (κ1) is 14.4. The van der Waals surface area contributed by atoms with Crippen LogP contribution in [0.2, 0.25) is 5.02 Å². The van der Waals surface area contributed by atoms with E-state index in [0.29, 0.717) is 29.7 Å². The molecule has 21 heavy (non-hydrogen) atoms. The fourth-order valence-corrected chi connectivity index (χ4v) is 3.00. The summed E-state index contributed by atoms with van der Waals surface area (Å²) in [4.78, 5) is 14.7. The summed E-state index contributed by atoms with van der Waals surface area (Å²) in [6.07, 6.45) is 4.41. The highest BCUT2D eigenvalue weighted by atomic mass is 35.5. The van der Waals surface area contributed by atoms with E-state index in [1.54, 1.807) is 6.08 Å². The maximum Gasteiger partial charge on any atom is 0.235 e. The number of carbonyl (C=O) groups excluding carboxylic acids is 1. The molecule has 0 N–H and O–H groups in total. The lowest BCUT2D eigenvalue weighted by Crippen LogP contribution is -2.31. The van der Waals surface area contributed by atoms with Crippen molar-refractivity contribution in [1.82, 2.24) is 0 Å². The van der Waals surface area contributed by atoms with Crippen molar-refractivity contribution in [3.63, 3.8) is 0 Å². The van der Waals surface area contributed by atoms with E-state index in [2.05, 4.69) is 18.8 Å². The van der Waals surface area contributed by atoms with Gasteiger partial charge in [-0.2, -0.15) is 4.99 Å². The van der Waals surface area contributed by atoms with Crippen LogP contribution in [0, 0.1) is 5.41 Å². The van der Waals surface area contributed by atoms with E-state index in [9.17, 15) is 4.79 Å². The predicted molar refractivity (Wildman–Crippen MR) is 79.9 cm³/mol. The topological polar surface area (TPSA) is 47.9 Å². The molecule has 5 heteroatoms. The molecule has 1 heterocycles. The smallest absolute Gasteiger partial charge is 0.235 e. The van der Waals surface area contributed by atoms with Crippen LogP contribution in [0.5, 0.6) is 11.5 Å². The molecule has 4 nitrogen and oxygen atoms in total. The second-order valence-electron chi connectivity index (χ2n) is 6.62. The summed E-state index contributed by atoms with van der Waals surface area (Å²) in [5.74, 6) is 1.21.